The van der Waals surface area contributed by atoms with Crippen molar-refractivity contribution in [3.63, 3.8) is 0 Å². The second kappa shape index (κ2) is 6.41. The molecule has 2 aromatic carbocycles. The lowest BCUT2D eigenvalue weighted by atomic mass is 10.1. The average Bonchev–Trinajstić information content (AvgIpc) is 2.42. The minimum absolute atomic E-state index is 0.127. The van der Waals surface area contributed by atoms with Crippen LogP contribution in [-0.4, -0.2) is 13.0 Å². The number of amides is 1. The highest BCUT2D eigenvalue weighted by atomic mass is 79.9. The van der Waals surface area contributed by atoms with Crippen molar-refractivity contribution >= 4 is 49.1 Å². The molecule has 5 heteroatoms. The van der Waals surface area contributed by atoms with E-state index in [1.807, 2.05) is 50.4 Å². The molecule has 0 aromatic heterocycles. The number of carbonyl (C=O) groups is 1. The van der Waals surface area contributed by atoms with Crippen molar-refractivity contribution in [3.8, 4) is 0 Å². The third-order valence-corrected chi connectivity index (χ3v) is 4.28. The predicted molar refractivity (Wildman–Crippen MR) is 90.5 cm³/mol. The SMILES string of the molecule is CNc1ccc(C(=O)Nc2c(Br)cccc2Br)c(C)c1. The van der Waals surface area contributed by atoms with E-state index < -0.39 is 0 Å². The third-order valence-electron chi connectivity index (χ3n) is 2.96. The van der Waals surface area contributed by atoms with Crippen LogP contribution in [-0.2, 0) is 0 Å². The van der Waals surface area contributed by atoms with Gasteiger partial charge in [0, 0.05) is 27.2 Å². The Labute approximate surface area is 135 Å². The average molecular weight is 398 g/mol. The van der Waals surface area contributed by atoms with Gasteiger partial charge in [-0.2, -0.15) is 0 Å². The van der Waals surface area contributed by atoms with Crippen molar-refractivity contribution in [1.29, 1.82) is 0 Å². The molecule has 0 fully saturated rings. The predicted octanol–water partition coefficient (Wildman–Crippen LogP) is 4.81. The van der Waals surface area contributed by atoms with E-state index in [0.29, 0.717) is 5.56 Å². The van der Waals surface area contributed by atoms with Gasteiger partial charge in [0.15, 0.2) is 0 Å². The molecular weight excluding hydrogens is 384 g/mol. The molecule has 0 bridgehead atoms. The Balaban J connectivity index is 2.29. The molecule has 0 unspecified atom stereocenters. The molecule has 0 aliphatic rings. The Morgan fingerprint density at radius 1 is 1.10 bits per heavy atom. The Kier molecular flexibility index (Phi) is 4.83. The van der Waals surface area contributed by atoms with E-state index in [2.05, 4.69) is 42.5 Å². The molecule has 20 heavy (non-hydrogen) atoms. The van der Waals surface area contributed by atoms with Crippen molar-refractivity contribution in [2.24, 2.45) is 0 Å². The van der Waals surface area contributed by atoms with Gasteiger partial charge in [0.05, 0.1) is 5.69 Å². The summed E-state index contributed by atoms with van der Waals surface area (Å²) in [5.41, 5.74) is 3.31. The van der Waals surface area contributed by atoms with Crippen LogP contribution in [0.2, 0.25) is 0 Å². The quantitative estimate of drug-likeness (QED) is 0.779. The molecule has 2 aromatic rings. The van der Waals surface area contributed by atoms with Gasteiger partial charge >= 0.3 is 0 Å². The highest BCUT2D eigenvalue weighted by Gasteiger charge is 2.13. The third kappa shape index (κ3) is 3.22. The van der Waals surface area contributed by atoms with Gasteiger partial charge in [-0.15, -0.1) is 0 Å². The van der Waals surface area contributed by atoms with Crippen molar-refractivity contribution in [3.05, 3.63) is 56.5 Å². The molecule has 104 valence electrons. The lowest BCUT2D eigenvalue weighted by molar-refractivity contribution is 0.102. The fourth-order valence-corrected chi connectivity index (χ4v) is 3.07. The zero-order valence-corrected chi connectivity index (χ0v) is 14.3. The van der Waals surface area contributed by atoms with Crippen molar-refractivity contribution in [1.82, 2.24) is 0 Å². The van der Waals surface area contributed by atoms with Gasteiger partial charge in [0.2, 0.25) is 0 Å². The minimum Gasteiger partial charge on any atom is -0.388 e. The summed E-state index contributed by atoms with van der Waals surface area (Å²) in [4.78, 5) is 12.4. The topological polar surface area (TPSA) is 41.1 Å². The van der Waals surface area contributed by atoms with Crippen molar-refractivity contribution in [2.75, 3.05) is 17.7 Å². The van der Waals surface area contributed by atoms with Crippen LogP contribution >= 0.6 is 31.9 Å². The van der Waals surface area contributed by atoms with Crippen LogP contribution in [0, 0.1) is 6.92 Å². The number of hydrogen-bond acceptors (Lipinski definition) is 2. The number of hydrogen-bond donors (Lipinski definition) is 2. The van der Waals surface area contributed by atoms with Crippen molar-refractivity contribution < 1.29 is 4.79 Å². The summed E-state index contributed by atoms with van der Waals surface area (Å²) in [5.74, 6) is -0.127. The monoisotopic (exact) mass is 396 g/mol. The van der Waals surface area contributed by atoms with E-state index in [1.54, 1.807) is 0 Å². The summed E-state index contributed by atoms with van der Waals surface area (Å²) in [6.45, 7) is 1.92. The maximum atomic E-state index is 12.4. The maximum Gasteiger partial charge on any atom is 0.255 e. The minimum atomic E-state index is -0.127. The second-order valence-electron chi connectivity index (χ2n) is 4.33. The molecule has 0 saturated carbocycles. The van der Waals surface area contributed by atoms with Crippen LogP contribution in [0.1, 0.15) is 15.9 Å². The molecule has 2 rings (SSSR count). The van der Waals surface area contributed by atoms with Gasteiger partial charge in [-0.3, -0.25) is 4.79 Å². The van der Waals surface area contributed by atoms with Crippen LogP contribution < -0.4 is 10.6 Å². The van der Waals surface area contributed by atoms with E-state index in [9.17, 15) is 4.79 Å². The van der Waals surface area contributed by atoms with Gasteiger partial charge in [-0.1, -0.05) is 6.07 Å². The van der Waals surface area contributed by atoms with Gasteiger partial charge in [-0.25, -0.2) is 0 Å². The number of rotatable bonds is 3. The number of carbonyl (C=O) groups excluding carboxylic acids is 1. The number of benzene rings is 2. The van der Waals surface area contributed by atoms with E-state index in [-0.39, 0.29) is 5.91 Å². The zero-order valence-electron chi connectivity index (χ0n) is 11.1. The molecule has 3 nitrogen and oxygen atoms in total. The van der Waals surface area contributed by atoms with Crippen LogP contribution in [0.25, 0.3) is 0 Å². The normalized spacial score (nSPS) is 10.2. The number of anilines is 2. The van der Waals surface area contributed by atoms with E-state index in [0.717, 1.165) is 25.9 Å². The van der Waals surface area contributed by atoms with Crippen LogP contribution in [0.5, 0.6) is 0 Å². The first-order valence-electron chi connectivity index (χ1n) is 6.06. The van der Waals surface area contributed by atoms with Gasteiger partial charge < -0.3 is 10.6 Å². The van der Waals surface area contributed by atoms with Crippen LogP contribution in [0.3, 0.4) is 0 Å². The number of para-hydroxylation sites is 1. The lowest BCUT2D eigenvalue weighted by Crippen LogP contribution is -2.14. The standard InChI is InChI=1S/C15H14Br2N2O/c1-9-8-10(18-2)6-7-11(9)15(20)19-14-12(16)4-3-5-13(14)17/h3-8,18H,1-2H3,(H,19,20). The fourth-order valence-electron chi connectivity index (χ4n) is 1.87. The Bertz CT molecular complexity index is 636. The summed E-state index contributed by atoms with van der Waals surface area (Å²) in [6.07, 6.45) is 0. The Morgan fingerprint density at radius 3 is 2.30 bits per heavy atom. The molecule has 0 aliphatic heterocycles. The van der Waals surface area contributed by atoms with E-state index in [1.165, 1.54) is 0 Å². The molecule has 1 amide bonds. The van der Waals surface area contributed by atoms with Crippen molar-refractivity contribution in [2.45, 2.75) is 6.92 Å². The highest BCUT2D eigenvalue weighted by Crippen LogP contribution is 2.31. The number of nitrogens with one attached hydrogen (secondary N) is 2. The number of halogens is 2. The number of aryl methyl sites for hydroxylation is 1. The summed E-state index contributed by atoms with van der Waals surface area (Å²) < 4.78 is 1.68. The fraction of sp³-hybridized carbons (Fsp3) is 0.133. The summed E-state index contributed by atoms with van der Waals surface area (Å²) in [6, 6.07) is 11.3. The first kappa shape index (κ1) is 15.1. The molecular formula is C15H14Br2N2O. The largest absolute Gasteiger partial charge is 0.388 e. The molecule has 0 heterocycles. The first-order chi connectivity index (χ1) is 9.52. The van der Waals surface area contributed by atoms with Gasteiger partial charge in [-0.05, 0) is 74.7 Å². The smallest absolute Gasteiger partial charge is 0.255 e. The molecule has 0 saturated heterocycles. The Morgan fingerprint density at radius 2 is 1.75 bits per heavy atom. The van der Waals surface area contributed by atoms with E-state index >= 15 is 0 Å². The van der Waals surface area contributed by atoms with Gasteiger partial charge in [0.25, 0.3) is 5.91 Å². The van der Waals surface area contributed by atoms with Crippen LogP contribution in [0.15, 0.2) is 45.3 Å². The molecule has 0 aliphatic carbocycles. The highest BCUT2D eigenvalue weighted by molar-refractivity contribution is 9.11. The first-order valence-corrected chi connectivity index (χ1v) is 7.65. The maximum absolute atomic E-state index is 12.4. The Hall–Kier alpha value is -1.33. The van der Waals surface area contributed by atoms with Gasteiger partial charge in [0.1, 0.15) is 0 Å². The second-order valence-corrected chi connectivity index (χ2v) is 6.04. The molecule has 0 atom stereocenters. The zero-order chi connectivity index (χ0) is 14.7. The summed E-state index contributed by atoms with van der Waals surface area (Å²) in [7, 11) is 1.85. The van der Waals surface area contributed by atoms with Crippen LogP contribution in [0.4, 0.5) is 11.4 Å². The lowest BCUT2D eigenvalue weighted by Gasteiger charge is -2.12. The summed E-state index contributed by atoms with van der Waals surface area (Å²) >= 11 is 6.87. The molecule has 2 N–H and O–H groups in total. The molecule has 0 radical (unpaired) electrons. The molecule has 0 spiro atoms. The van der Waals surface area contributed by atoms with E-state index in [4.69, 9.17) is 0 Å². The summed E-state index contributed by atoms with van der Waals surface area (Å²) in [5, 5.41) is 5.98.